The molecule has 6 heteroatoms. The fourth-order valence-corrected chi connectivity index (χ4v) is 2.52. The van der Waals surface area contributed by atoms with E-state index in [9.17, 15) is 13.6 Å². The lowest BCUT2D eigenvalue weighted by Crippen LogP contribution is -2.42. The van der Waals surface area contributed by atoms with Gasteiger partial charge >= 0.3 is 0 Å². The van der Waals surface area contributed by atoms with Gasteiger partial charge in [0.1, 0.15) is 0 Å². The van der Waals surface area contributed by atoms with E-state index in [-0.39, 0.29) is 36.7 Å². The molecule has 0 aromatic heterocycles. The second kappa shape index (κ2) is 5.70. The van der Waals surface area contributed by atoms with Gasteiger partial charge in [0.15, 0.2) is 0 Å². The molecule has 1 aliphatic heterocycles. The number of amides is 1. The molecule has 106 valence electrons. The number of alkyl halides is 2. The highest BCUT2D eigenvalue weighted by Gasteiger charge is 2.44. The average Bonchev–Trinajstić information content (AvgIpc) is 2.93. The molecule has 2 aliphatic rings. The molecule has 3 nitrogen and oxygen atoms in total. The largest absolute Gasteiger partial charge is 0.354 e. The highest BCUT2D eigenvalue weighted by molar-refractivity contribution is 5.85. The summed E-state index contributed by atoms with van der Waals surface area (Å²) in [6, 6.07) is -0.720. The van der Waals surface area contributed by atoms with Gasteiger partial charge in [0.2, 0.25) is 5.91 Å². The number of halogens is 3. The minimum absolute atomic E-state index is 0. The van der Waals surface area contributed by atoms with Crippen LogP contribution in [0.1, 0.15) is 39.0 Å². The van der Waals surface area contributed by atoms with E-state index in [0.29, 0.717) is 6.54 Å². The highest BCUT2D eigenvalue weighted by atomic mass is 35.5. The van der Waals surface area contributed by atoms with Crippen LogP contribution in [-0.4, -0.2) is 31.0 Å². The van der Waals surface area contributed by atoms with Crippen LogP contribution in [0.25, 0.3) is 0 Å². The number of rotatable bonds is 5. The molecule has 0 radical (unpaired) electrons. The van der Waals surface area contributed by atoms with Crippen molar-refractivity contribution in [1.29, 1.82) is 0 Å². The Morgan fingerprint density at radius 3 is 2.56 bits per heavy atom. The minimum Gasteiger partial charge on any atom is -0.354 e. The fraction of sp³-hybridized carbons (Fsp3) is 0.917. The molecular weight excluding hydrogens is 262 g/mol. The van der Waals surface area contributed by atoms with Gasteiger partial charge in [-0.1, -0.05) is 13.3 Å². The summed E-state index contributed by atoms with van der Waals surface area (Å²) in [5.74, 6) is -3.01. The lowest BCUT2D eigenvalue weighted by atomic mass is 10.0. The van der Waals surface area contributed by atoms with Gasteiger partial charge in [0.25, 0.3) is 5.92 Å². The Hall–Kier alpha value is -0.420. The molecule has 1 atom stereocenters. The van der Waals surface area contributed by atoms with Crippen molar-refractivity contribution in [3.63, 3.8) is 0 Å². The third-order valence-corrected chi connectivity index (χ3v) is 3.80. The van der Waals surface area contributed by atoms with E-state index in [1.54, 1.807) is 0 Å². The summed E-state index contributed by atoms with van der Waals surface area (Å²) in [6.45, 7) is 2.38. The Morgan fingerprint density at radius 2 is 2.11 bits per heavy atom. The summed E-state index contributed by atoms with van der Waals surface area (Å²) in [6.07, 6.45) is 4.14. The molecule has 1 heterocycles. The first-order valence-corrected chi connectivity index (χ1v) is 6.35. The molecule has 0 aromatic carbocycles. The van der Waals surface area contributed by atoms with Crippen molar-refractivity contribution in [2.45, 2.75) is 51.0 Å². The molecule has 18 heavy (non-hydrogen) atoms. The lowest BCUT2D eigenvalue weighted by molar-refractivity contribution is -0.123. The second-order valence-corrected chi connectivity index (χ2v) is 5.46. The van der Waals surface area contributed by atoms with Crippen molar-refractivity contribution < 1.29 is 13.6 Å². The normalized spacial score (nSPS) is 27.4. The molecule has 1 saturated heterocycles. The van der Waals surface area contributed by atoms with E-state index in [0.717, 1.165) is 25.7 Å². The van der Waals surface area contributed by atoms with E-state index in [1.165, 1.54) is 0 Å². The van der Waals surface area contributed by atoms with Crippen molar-refractivity contribution in [2.75, 3.05) is 13.1 Å². The van der Waals surface area contributed by atoms with Gasteiger partial charge in [0.05, 0.1) is 12.6 Å². The number of hydrogen-bond acceptors (Lipinski definition) is 2. The Morgan fingerprint density at radius 1 is 1.44 bits per heavy atom. The molecule has 0 aromatic rings. The van der Waals surface area contributed by atoms with Crippen LogP contribution < -0.4 is 10.6 Å². The van der Waals surface area contributed by atoms with E-state index in [1.807, 2.05) is 0 Å². The van der Waals surface area contributed by atoms with Crippen LogP contribution in [0.15, 0.2) is 0 Å². The van der Waals surface area contributed by atoms with Crippen molar-refractivity contribution in [3.05, 3.63) is 0 Å². The topological polar surface area (TPSA) is 41.1 Å². The fourth-order valence-electron chi connectivity index (χ4n) is 2.52. The Bertz CT molecular complexity index is 308. The van der Waals surface area contributed by atoms with Crippen molar-refractivity contribution in [3.8, 4) is 0 Å². The zero-order valence-electron chi connectivity index (χ0n) is 10.6. The molecule has 1 amide bonds. The summed E-state index contributed by atoms with van der Waals surface area (Å²) >= 11 is 0. The van der Waals surface area contributed by atoms with Crippen molar-refractivity contribution in [2.24, 2.45) is 5.41 Å². The van der Waals surface area contributed by atoms with Gasteiger partial charge in [-0.25, -0.2) is 8.78 Å². The first-order chi connectivity index (χ1) is 7.96. The predicted molar refractivity (Wildman–Crippen MR) is 68.2 cm³/mol. The quantitative estimate of drug-likeness (QED) is 0.811. The van der Waals surface area contributed by atoms with Gasteiger partial charge in [-0.3, -0.25) is 10.1 Å². The maximum absolute atomic E-state index is 12.9. The number of hydrogen-bond donors (Lipinski definition) is 2. The molecule has 2 fully saturated rings. The molecular formula is C12H21ClF2N2O. The van der Waals surface area contributed by atoms with Gasteiger partial charge in [-0.15, -0.1) is 12.4 Å². The SMILES string of the molecule is CCCC1(CNC(=O)C2CC(F)(F)CN2)CC1.Cl. The number of carbonyl (C=O) groups is 1. The molecule has 1 aliphatic carbocycles. The predicted octanol–water partition coefficient (Wildman–Crippen LogP) is 2.10. The van der Waals surface area contributed by atoms with Gasteiger partial charge < -0.3 is 5.32 Å². The Kier molecular flexibility index (Phi) is 4.95. The zero-order chi connectivity index (χ0) is 12.5. The lowest BCUT2D eigenvalue weighted by Gasteiger charge is -2.17. The summed E-state index contributed by atoms with van der Waals surface area (Å²) in [5, 5.41) is 5.39. The minimum atomic E-state index is -2.73. The van der Waals surface area contributed by atoms with Gasteiger partial charge in [0, 0.05) is 13.0 Å². The van der Waals surface area contributed by atoms with Crippen molar-refractivity contribution in [1.82, 2.24) is 10.6 Å². The van der Waals surface area contributed by atoms with E-state index in [4.69, 9.17) is 0 Å². The molecule has 1 saturated carbocycles. The van der Waals surface area contributed by atoms with Crippen LogP contribution in [0.4, 0.5) is 8.78 Å². The van der Waals surface area contributed by atoms with Crippen LogP contribution >= 0.6 is 12.4 Å². The highest BCUT2D eigenvalue weighted by Crippen LogP contribution is 2.48. The summed E-state index contributed by atoms with van der Waals surface area (Å²) in [7, 11) is 0. The average molecular weight is 283 g/mol. The van der Waals surface area contributed by atoms with Gasteiger partial charge in [-0.2, -0.15) is 0 Å². The smallest absolute Gasteiger partial charge is 0.262 e. The zero-order valence-corrected chi connectivity index (χ0v) is 11.4. The Balaban J connectivity index is 0.00000162. The summed E-state index contributed by atoms with van der Waals surface area (Å²) < 4.78 is 25.8. The standard InChI is InChI=1S/C12H20F2N2O.ClH/c1-2-3-11(4-5-11)7-16-10(17)9-6-12(13,14)8-15-9;/h9,15H,2-8H2,1H3,(H,16,17);1H. The third kappa shape index (κ3) is 3.79. The molecule has 1 unspecified atom stereocenters. The first kappa shape index (κ1) is 15.6. The summed E-state index contributed by atoms with van der Waals surface area (Å²) in [5.41, 5.74) is 0.269. The van der Waals surface area contributed by atoms with Crippen LogP contribution in [0.5, 0.6) is 0 Å². The van der Waals surface area contributed by atoms with E-state index in [2.05, 4.69) is 17.6 Å². The Labute approximate surface area is 112 Å². The summed E-state index contributed by atoms with van der Waals surface area (Å²) in [4.78, 5) is 11.7. The first-order valence-electron chi connectivity index (χ1n) is 6.35. The second-order valence-electron chi connectivity index (χ2n) is 5.46. The molecule has 0 bridgehead atoms. The molecule has 2 rings (SSSR count). The third-order valence-electron chi connectivity index (χ3n) is 3.80. The van der Waals surface area contributed by atoms with Crippen LogP contribution in [0.3, 0.4) is 0 Å². The van der Waals surface area contributed by atoms with Crippen LogP contribution in [-0.2, 0) is 4.79 Å². The van der Waals surface area contributed by atoms with E-state index >= 15 is 0 Å². The number of nitrogens with one attached hydrogen (secondary N) is 2. The van der Waals surface area contributed by atoms with Crippen molar-refractivity contribution >= 4 is 18.3 Å². The van der Waals surface area contributed by atoms with Crippen LogP contribution in [0, 0.1) is 5.41 Å². The van der Waals surface area contributed by atoms with E-state index < -0.39 is 12.0 Å². The molecule has 2 N–H and O–H groups in total. The van der Waals surface area contributed by atoms with Gasteiger partial charge in [-0.05, 0) is 24.7 Å². The van der Waals surface area contributed by atoms with Crippen LogP contribution in [0.2, 0.25) is 0 Å². The molecule has 0 spiro atoms. The number of carbonyl (C=O) groups excluding carboxylic acids is 1. The monoisotopic (exact) mass is 282 g/mol. The maximum Gasteiger partial charge on any atom is 0.262 e. The maximum atomic E-state index is 12.9.